The molecule has 0 unspecified atom stereocenters. The van der Waals surface area contributed by atoms with Gasteiger partial charge in [0.2, 0.25) is 5.91 Å². The molecule has 0 saturated carbocycles. The van der Waals surface area contributed by atoms with Crippen LogP contribution >= 0.6 is 0 Å². The summed E-state index contributed by atoms with van der Waals surface area (Å²) in [4.78, 5) is 26.4. The lowest BCUT2D eigenvalue weighted by molar-refractivity contribution is -0.120. The molecule has 1 aliphatic carbocycles. The second-order valence-electron chi connectivity index (χ2n) is 6.88. The molecule has 1 fully saturated rings. The van der Waals surface area contributed by atoms with Crippen molar-refractivity contribution in [3.05, 3.63) is 23.3 Å². The van der Waals surface area contributed by atoms with E-state index in [9.17, 15) is 9.59 Å². The van der Waals surface area contributed by atoms with Crippen molar-refractivity contribution in [1.29, 1.82) is 0 Å². The van der Waals surface area contributed by atoms with Crippen molar-refractivity contribution in [2.24, 2.45) is 0 Å². The fraction of sp³-hybridized carbons (Fsp3) is 0.647. The molecule has 1 amide bonds. The lowest BCUT2D eigenvalue weighted by Gasteiger charge is -2.41. The minimum atomic E-state index is -0.165. The minimum Gasteiger partial charge on any atom is -0.347 e. The number of rotatable bonds is 3. The molecule has 2 rings (SSSR count). The molecule has 2 aliphatic rings. The van der Waals surface area contributed by atoms with Gasteiger partial charge in [0.15, 0.2) is 5.78 Å². The molecular formula is C17H26N2O2. The monoisotopic (exact) mass is 290 g/mol. The van der Waals surface area contributed by atoms with Crippen molar-refractivity contribution >= 4 is 11.7 Å². The Kier molecular flexibility index (Phi) is 4.67. The molecule has 0 radical (unpaired) electrons. The van der Waals surface area contributed by atoms with E-state index in [2.05, 4.69) is 31.0 Å². The maximum atomic E-state index is 12.4. The Bertz CT molecular complexity index is 495. The number of nitrogens with zero attached hydrogens (tertiary/aromatic N) is 1. The van der Waals surface area contributed by atoms with Crippen LogP contribution in [0, 0.1) is 0 Å². The highest BCUT2D eigenvalue weighted by molar-refractivity contribution is 6.08. The number of likely N-dealkylation sites (tertiary alicyclic amines) is 1. The van der Waals surface area contributed by atoms with Crippen molar-refractivity contribution in [2.45, 2.75) is 58.5 Å². The highest BCUT2D eigenvalue weighted by Gasteiger charge is 2.33. The Labute approximate surface area is 127 Å². The van der Waals surface area contributed by atoms with Gasteiger partial charge in [-0.15, -0.1) is 0 Å². The Morgan fingerprint density at radius 1 is 1.29 bits per heavy atom. The van der Waals surface area contributed by atoms with Crippen LogP contribution in [0.5, 0.6) is 0 Å². The van der Waals surface area contributed by atoms with Crippen LogP contribution in [0.4, 0.5) is 0 Å². The SMILES string of the molecule is CC1=CC(=O)C=C(C(=O)NC2(C)CCN(C(C)C)CC2)C1. The molecule has 0 spiro atoms. The predicted octanol–water partition coefficient (Wildman–Crippen LogP) is 2.21. The molecule has 21 heavy (non-hydrogen) atoms. The summed E-state index contributed by atoms with van der Waals surface area (Å²) >= 11 is 0. The molecule has 116 valence electrons. The smallest absolute Gasteiger partial charge is 0.248 e. The number of nitrogens with one attached hydrogen (secondary N) is 1. The summed E-state index contributed by atoms with van der Waals surface area (Å²) in [5.41, 5.74) is 1.38. The Morgan fingerprint density at radius 2 is 1.90 bits per heavy atom. The van der Waals surface area contributed by atoms with Gasteiger partial charge in [-0.25, -0.2) is 0 Å². The van der Waals surface area contributed by atoms with Gasteiger partial charge in [0, 0.05) is 30.2 Å². The molecule has 4 heteroatoms. The zero-order valence-corrected chi connectivity index (χ0v) is 13.5. The third kappa shape index (κ3) is 4.03. The van der Waals surface area contributed by atoms with E-state index in [0.29, 0.717) is 18.0 Å². The molecule has 4 nitrogen and oxygen atoms in total. The summed E-state index contributed by atoms with van der Waals surface area (Å²) in [7, 11) is 0. The molecule has 1 saturated heterocycles. The number of piperidine rings is 1. The molecule has 0 atom stereocenters. The molecule has 1 heterocycles. The van der Waals surface area contributed by atoms with E-state index in [4.69, 9.17) is 0 Å². The van der Waals surface area contributed by atoms with Gasteiger partial charge >= 0.3 is 0 Å². The van der Waals surface area contributed by atoms with Crippen LogP contribution < -0.4 is 5.32 Å². The zero-order valence-electron chi connectivity index (χ0n) is 13.5. The summed E-state index contributed by atoms with van der Waals surface area (Å²) in [5.74, 6) is -0.167. The first-order valence-electron chi connectivity index (χ1n) is 7.77. The van der Waals surface area contributed by atoms with Crippen molar-refractivity contribution < 1.29 is 9.59 Å². The second kappa shape index (κ2) is 6.14. The van der Waals surface area contributed by atoms with Crippen LogP contribution in [0.3, 0.4) is 0 Å². The summed E-state index contributed by atoms with van der Waals surface area (Å²) < 4.78 is 0. The number of ketones is 1. The van der Waals surface area contributed by atoms with E-state index >= 15 is 0 Å². The standard InChI is InChI=1S/C17H26N2O2/c1-12(2)19-7-5-17(4,6-8-19)18-16(21)14-9-13(3)10-15(20)11-14/h10-12H,5-9H2,1-4H3,(H,18,21). The van der Waals surface area contributed by atoms with Gasteiger partial charge in [0.05, 0.1) is 0 Å². The largest absolute Gasteiger partial charge is 0.347 e. The summed E-state index contributed by atoms with van der Waals surface area (Å²) in [6, 6.07) is 0.553. The quantitative estimate of drug-likeness (QED) is 0.867. The van der Waals surface area contributed by atoms with Gasteiger partial charge in [-0.05, 0) is 59.1 Å². The van der Waals surface area contributed by atoms with Crippen LogP contribution in [0.1, 0.15) is 47.0 Å². The van der Waals surface area contributed by atoms with E-state index in [1.165, 1.54) is 6.08 Å². The van der Waals surface area contributed by atoms with Gasteiger partial charge in [-0.3, -0.25) is 9.59 Å². The fourth-order valence-corrected chi connectivity index (χ4v) is 3.02. The van der Waals surface area contributed by atoms with Crippen LogP contribution in [0.2, 0.25) is 0 Å². The number of amides is 1. The molecule has 0 bridgehead atoms. The van der Waals surface area contributed by atoms with E-state index < -0.39 is 0 Å². The molecule has 0 aromatic rings. The maximum absolute atomic E-state index is 12.4. The van der Waals surface area contributed by atoms with Gasteiger partial charge < -0.3 is 10.2 Å². The van der Waals surface area contributed by atoms with Crippen LogP contribution in [0.25, 0.3) is 0 Å². The first-order chi connectivity index (χ1) is 9.79. The third-order valence-electron chi connectivity index (χ3n) is 4.51. The number of hydrogen-bond donors (Lipinski definition) is 1. The summed E-state index contributed by atoms with van der Waals surface area (Å²) in [6.07, 6.45) is 5.54. The molecule has 1 aliphatic heterocycles. The average Bonchev–Trinajstić information content (AvgIpc) is 2.37. The topological polar surface area (TPSA) is 49.4 Å². The molecule has 0 aromatic carbocycles. The first kappa shape index (κ1) is 16.0. The third-order valence-corrected chi connectivity index (χ3v) is 4.51. The minimum absolute atomic E-state index is 0.0799. The van der Waals surface area contributed by atoms with Crippen LogP contribution in [-0.2, 0) is 9.59 Å². The van der Waals surface area contributed by atoms with Gasteiger partial charge in [-0.1, -0.05) is 5.57 Å². The lowest BCUT2D eigenvalue weighted by atomic mass is 9.88. The molecule has 0 aromatic heterocycles. The highest BCUT2D eigenvalue weighted by atomic mass is 16.2. The van der Waals surface area contributed by atoms with Gasteiger partial charge in [0.25, 0.3) is 0 Å². The number of carbonyl (C=O) groups excluding carboxylic acids is 2. The van der Waals surface area contributed by atoms with E-state index in [0.717, 1.165) is 31.5 Å². The van der Waals surface area contributed by atoms with Crippen LogP contribution in [0.15, 0.2) is 23.3 Å². The molecular weight excluding hydrogens is 264 g/mol. The van der Waals surface area contributed by atoms with E-state index in [-0.39, 0.29) is 17.2 Å². The first-order valence-corrected chi connectivity index (χ1v) is 7.77. The highest BCUT2D eigenvalue weighted by Crippen LogP contribution is 2.24. The molecule has 1 N–H and O–H groups in total. The van der Waals surface area contributed by atoms with Crippen molar-refractivity contribution in [1.82, 2.24) is 10.2 Å². The fourth-order valence-electron chi connectivity index (χ4n) is 3.02. The maximum Gasteiger partial charge on any atom is 0.248 e. The number of carbonyl (C=O) groups is 2. The van der Waals surface area contributed by atoms with Crippen molar-refractivity contribution in [3.8, 4) is 0 Å². The normalized spacial score (nSPS) is 22.8. The predicted molar refractivity (Wildman–Crippen MR) is 84.0 cm³/mol. The lowest BCUT2D eigenvalue weighted by Crippen LogP contribution is -2.54. The summed E-state index contributed by atoms with van der Waals surface area (Å²) in [6.45, 7) is 10.4. The summed E-state index contributed by atoms with van der Waals surface area (Å²) in [5, 5.41) is 3.15. The average molecular weight is 290 g/mol. The van der Waals surface area contributed by atoms with Crippen molar-refractivity contribution in [2.75, 3.05) is 13.1 Å². The Balaban J connectivity index is 1.96. The number of allylic oxidation sites excluding steroid dienone is 3. The van der Waals surface area contributed by atoms with E-state index in [1.54, 1.807) is 6.08 Å². The van der Waals surface area contributed by atoms with Crippen molar-refractivity contribution in [3.63, 3.8) is 0 Å². The van der Waals surface area contributed by atoms with E-state index in [1.807, 2.05) is 6.92 Å². The van der Waals surface area contributed by atoms with Gasteiger partial charge in [0.1, 0.15) is 0 Å². The van der Waals surface area contributed by atoms with Gasteiger partial charge in [-0.2, -0.15) is 0 Å². The second-order valence-corrected chi connectivity index (χ2v) is 6.88. The number of hydrogen-bond acceptors (Lipinski definition) is 3. The Morgan fingerprint density at radius 3 is 2.43 bits per heavy atom. The van der Waals surface area contributed by atoms with Crippen LogP contribution in [-0.4, -0.2) is 41.3 Å². The Hall–Kier alpha value is -1.42. The zero-order chi connectivity index (χ0) is 15.6.